The minimum Gasteiger partial charge on any atom is -0.497 e. The van der Waals surface area contributed by atoms with Crippen LogP contribution in [0.4, 0.5) is 13.2 Å². The second kappa shape index (κ2) is 6.33. The van der Waals surface area contributed by atoms with Gasteiger partial charge in [0.15, 0.2) is 0 Å². The predicted molar refractivity (Wildman–Crippen MR) is 79.9 cm³/mol. The van der Waals surface area contributed by atoms with E-state index in [0.29, 0.717) is 22.3 Å². The van der Waals surface area contributed by atoms with E-state index in [4.69, 9.17) is 17.7 Å². The highest BCUT2D eigenvalue weighted by atomic mass is 32.2. The molecule has 0 fully saturated rings. The number of carbonyl (C=O) groups excluding carboxylic acids is 2. The number of benzene rings is 2. The minimum atomic E-state index is -5.84. The lowest BCUT2D eigenvalue weighted by atomic mass is 9.95. The summed E-state index contributed by atoms with van der Waals surface area (Å²) < 4.78 is 62.7. The van der Waals surface area contributed by atoms with Gasteiger partial charge in [-0.2, -0.15) is 21.6 Å². The van der Waals surface area contributed by atoms with Gasteiger partial charge in [0.1, 0.15) is 5.75 Å². The monoisotopic (exact) mass is 377 g/mol. The molecule has 0 saturated carbocycles. The van der Waals surface area contributed by atoms with Crippen LogP contribution in [0.3, 0.4) is 0 Å². The van der Waals surface area contributed by atoms with Crippen LogP contribution in [-0.4, -0.2) is 37.4 Å². The number of amides is 2. The van der Waals surface area contributed by atoms with Crippen molar-refractivity contribution in [1.82, 2.24) is 5.32 Å². The van der Waals surface area contributed by atoms with Crippen LogP contribution in [0.15, 0.2) is 30.3 Å². The number of nitrogens with one attached hydrogen (secondary N) is 1. The first kappa shape index (κ1) is 18.7. The van der Waals surface area contributed by atoms with E-state index in [1.807, 2.05) is 12.1 Å². The van der Waals surface area contributed by atoms with Crippen LogP contribution < -0.4 is 10.1 Å². The molecule has 2 aromatic carbocycles. The summed E-state index contributed by atoms with van der Waals surface area (Å²) in [5.74, 6) is -0.120. The molecule has 1 aliphatic heterocycles. The zero-order chi connectivity index (χ0) is 19.0. The van der Waals surface area contributed by atoms with Gasteiger partial charge in [-0.15, -0.1) is 0 Å². The van der Waals surface area contributed by atoms with Gasteiger partial charge in [-0.1, -0.05) is 12.1 Å². The molecule has 0 spiro atoms. The topological polar surface area (TPSA) is 110 Å². The van der Waals surface area contributed by atoms with Crippen LogP contribution in [-0.2, 0) is 10.1 Å². The summed E-state index contributed by atoms with van der Waals surface area (Å²) in [6, 6.07) is 8.81. The smallest absolute Gasteiger partial charge is 0.497 e. The molecule has 2 N–H and O–H groups in total. The van der Waals surface area contributed by atoms with Gasteiger partial charge < -0.3 is 4.74 Å². The third-order valence-electron chi connectivity index (χ3n) is 3.19. The maximum atomic E-state index is 11.8. The number of ether oxygens (including phenoxy) is 1. The summed E-state index contributed by atoms with van der Waals surface area (Å²) in [4.78, 5) is 23.4. The van der Waals surface area contributed by atoms with Crippen molar-refractivity contribution in [2.75, 3.05) is 7.11 Å². The average Bonchev–Trinajstić information content (AvgIpc) is 2.50. The number of alkyl halides is 3. The molecule has 0 radical (unpaired) electrons. The Bertz CT molecular complexity index is 968. The molecule has 0 atom stereocenters. The fourth-order valence-electron chi connectivity index (χ4n) is 2.12. The van der Waals surface area contributed by atoms with E-state index >= 15 is 0 Å². The zero-order valence-electron chi connectivity index (χ0n) is 12.4. The molecule has 2 aromatic rings. The van der Waals surface area contributed by atoms with Gasteiger partial charge in [-0.25, -0.2) is 0 Å². The van der Waals surface area contributed by atoms with Crippen molar-refractivity contribution >= 4 is 32.7 Å². The second-order valence-corrected chi connectivity index (χ2v) is 6.20. The maximum Gasteiger partial charge on any atom is 0.522 e. The Hall–Kier alpha value is -2.66. The molecule has 3 rings (SSSR count). The molecule has 0 saturated heterocycles. The van der Waals surface area contributed by atoms with Gasteiger partial charge in [0.2, 0.25) is 0 Å². The summed E-state index contributed by atoms with van der Waals surface area (Å²) in [5, 5.41) is 3.84. The molecule has 0 bridgehead atoms. The third-order valence-corrected chi connectivity index (χ3v) is 3.78. The quantitative estimate of drug-likeness (QED) is 0.448. The number of rotatable bonds is 1. The zero-order valence-corrected chi connectivity index (χ0v) is 13.2. The van der Waals surface area contributed by atoms with Crippen molar-refractivity contribution in [3.8, 4) is 5.75 Å². The van der Waals surface area contributed by atoms with Crippen molar-refractivity contribution in [2.45, 2.75) is 5.51 Å². The lowest BCUT2D eigenvalue weighted by Gasteiger charge is -2.17. The summed E-state index contributed by atoms with van der Waals surface area (Å²) >= 11 is 0. The van der Waals surface area contributed by atoms with E-state index in [2.05, 4.69) is 5.32 Å². The Labute approximate surface area is 139 Å². The number of methoxy groups -OCH3 is 1. The molecule has 7 nitrogen and oxygen atoms in total. The lowest BCUT2D eigenvalue weighted by molar-refractivity contribution is -0.0510. The Morgan fingerprint density at radius 2 is 1.64 bits per heavy atom. The number of hydrogen-bond donors (Lipinski definition) is 2. The number of carbonyl (C=O) groups is 2. The third kappa shape index (κ3) is 3.72. The normalized spacial score (nSPS) is 13.8. The largest absolute Gasteiger partial charge is 0.522 e. The SMILES string of the molecule is COc1cc2c3c(cccc3c1)C(=O)NC2=O.O=S(=O)(O)C(F)(F)F. The van der Waals surface area contributed by atoms with Crippen LogP contribution in [0.1, 0.15) is 20.7 Å². The first-order chi connectivity index (χ1) is 11.5. The summed E-state index contributed by atoms with van der Waals surface area (Å²) in [6.07, 6.45) is 0. The molecule has 0 aromatic heterocycles. The Morgan fingerprint density at radius 3 is 2.16 bits per heavy atom. The Morgan fingerprint density at radius 1 is 1.08 bits per heavy atom. The van der Waals surface area contributed by atoms with E-state index < -0.39 is 15.6 Å². The summed E-state index contributed by atoms with van der Waals surface area (Å²) in [5.41, 5.74) is -4.53. The molecule has 1 aliphatic rings. The molecule has 1 heterocycles. The highest BCUT2D eigenvalue weighted by Crippen LogP contribution is 2.30. The van der Waals surface area contributed by atoms with Crippen molar-refractivity contribution < 1.29 is 40.5 Å². The lowest BCUT2D eigenvalue weighted by Crippen LogP contribution is -2.34. The molecule has 0 aliphatic carbocycles. The van der Waals surface area contributed by atoms with Crippen molar-refractivity contribution in [3.05, 3.63) is 41.5 Å². The second-order valence-electron chi connectivity index (χ2n) is 4.78. The van der Waals surface area contributed by atoms with Crippen LogP contribution in [0.5, 0.6) is 5.75 Å². The van der Waals surface area contributed by atoms with E-state index in [1.54, 1.807) is 25.3 Å². The van der Waals surface area contributed by atoms with Gasteiger partial charge in [0.25, 0.3) is 11.8 Å². The van der Waals surface area contributed by atoms with Crippen molar-refractivity contribution in [2.24, 2.45) is 0 Å². The van der Waals surface area contributed by atoms with Gasteiger partial charge in [0, 0.05) is 10.9 Å². The van der Waals surface area contributed by atoms with Gasteiger partial charge in [-0.05, 0) is 23.6 Å². The van der Waals surface area contributed by atoms with E-state index in [0.717, 1.165) is 5.39 Å². The van der Waals surface area contributed by atoms with Crippen LogP contribution >= 0.6 is 0 Å². The van der Waals surface area contributed by atoms with Gasteiger partial charge >= 0.3 is 15.6 Å². The summed E-state index contributed by atoms with van der Waals surface area (Å²) in [6.45, 7) is 0. The molecular weight excluding hydrogens is 367 g/mol. The van der Waals surface area contributed by atoms with E-state index in [1.165, 1.54) is 0 Å². The van der Waals surface area contributed by atoms with Crippen LogP contribution in [0, 0.1) is 0 Å². The standard InChI is InChI=1S/C13H9NO3.CHF3O3S/c1-17-8-5-7-3-2-4-9-11(7)10(6-8)13(16)14-12(9)15;2-1(3,4)8(5,6)7/h2-6H,1H3,(H,14,15,16);(H,5,6,7). The highest BCUT2D eigenvalue weighted by molar-refractivity contribution is 7.86. The summed E-state index contributed by atoms with van der Waals surface area (Å²) in [7, 11) is -4.30. The molecule has 11 heteroatoms. The maximum absolute atomic E-state index is 11.8. The molecule has 25 heavy (non-hydrogen) atoms. The molecular formula is C14H10F3NO6S. The van der Waals surface area contributed by atoms with Gasteiger partial charge in [0.05, 0.1) is 12.7 Å². The van der Waals surface area contributed by atoms with Crippen LogP contribution in [0.2, 0.25) is 0 Å². The van der Waals surface area contributed by atoms with Crippen molar-refractivity contribution in [3.63, 3.8) is 0 Å². The number of imide groups is 1. The van der Waals surface area contributed by atoms with Crippen LogP contribution in [0.25, 0.3) is 10.8 Å². The first-order valence-electron chi connectivity index (χ1n) is 6.46. The fourth-order valence-corrected chi connectivity index (χ4v) is 2.12. The Balaban J connectivity index is 0.000000242. The number of hydrogen-bond acceptors (Lipinski definition) is 5. The Kier molecular flexibility index (Phi) is 4.73. The minimum absolute atomic E-state index is 0.349. The van der Waals surface area contributed by atoms with Gasteiger partial charge in [-0.3, -0.25) is 19.5 Å². The van der Waals surface area contributed by atoms with Crippen molar-refractivity contribution in [1.29, 1.82) is 0 Å². The highest BCUT2D eigenvalue weighted by Gasteiger charge is 2.44. The molecule has 134 valence electrons. The number of halogens is 3. The average molecular weight is 377 g/mol. The fraction of sp³-hybridized carbons (Fsp3) is 0.143. The molecule has 2 amide bonds. The van der Waals surface area contributed by atoms with E-state index in [9.17, 15) is 22.8 Å². The molecule has 0 unspecified atom stereocenters. The van der Waals surface area contributed by atoms with E-state index in [-0.39, 0.29) is 11.8 Å². The first-order valence-corrected chi connectivity index (χ1v) is 7.90. The predicted octanol–water partition coefficient (Wildman–Crippen LogP) is 2.13.